The van der Waals surface area contributed by atoms with Crippen molar-refractivity contribution >= 4 is 8.32 Å². The van der Waals surface area contributed by atoms with Gasteiger partial charge in [-0.1, -0.05) is 41.5 Å². The van der Waals surface area contributed by atoms with Crippen molar-refractivity contribution in [2.75, 3.05) is 34.4 Å². The summed E-state index contributed by atoms with van der Waals surface area (Å²) in [5.74, 6) is -1.50. The van der Waals surface area contributed by atoms with Crippen LogP contribution in [0.4, 0.5) is 0 Å². The second-order valence-electron chi connectivity index (χ2n) is 14.6. The molecule has 0 aromatic carbocycles. The molecule has 4 fully saturated rings. The second-order valence-corrected chi connectivity index (χ2v) is 20.1. The highest BCUT2D eigenvalue weighted by Crippen LogP contribution is 2.46. The maximum absolute atomic E-state index is 7.02. The smallest absolute Gasteiger partial charge is 0.200 e. The molecular weight excluding hydrogens is 588 g/mol. The van der Waals surface area contributed by atoms with E-state index in [2.05, 4.69) is 41.5 Å². The number of methoxy groups -OCH3 is 2. The van der Waals surface area contributed by atoms with Crippen LogP contribution in [-0.2, 0) is 51.8 Å². The van der Waals surface area contributed by atoms with Crippen LogP contribution in [0, 0.1) is 0 Å². The molecule has 0 N–H and O–H groups in total. The molecule has 258 valence electrons. The van der Waals surface area contributed by atoms with E-state index in [1.165, 1.54) is 0 Å². The first kappa shape index (κ1) is 36.6. The molecule has 11 nitrogen and oxygen atoms in total. The van der Waals surface area contributed by atoms with Gasteiger partial charge in [-0.2, -0.15) is 0 Å². The van der Waals surface area contributed by atoms with Crippen molar-refractivity contribution in [3.8, 4) is 0 Å². The topological polar surface area (TPSA) is 102 Å². The Balaban J connectivity index is 1.51. The van der Waals surface area contributed by atoms with E-state index in [1.807, 2.05) is 27.7 Å². The van der Waals surface area contributed by atoms with Gasteiger partial charge in [0.05, 0.1) is 24.9 Å². The standard InChI is InChI=1S/C32H60O11Si/c1-19(2)44(20(3)4,21(5)6)37-16-25-26(36-18-34-12)24(35-17-33-11)15-22(38-25)13-14-23-27-28(41-31(7,8)40-27)29-30(39-23)43-32(9,10)42-29/h19-30H,13-18H2,1-12H3/t22?,23?,24-,25?,26+,27+,28+,29+,30?/m1/s1. The number of hydrogen-bond acceptors (Lipinski definition) is 11. The molecule has 0 bridgehead atoms. The van der Waals surface area contributed by atoms with E-state index in [4.69, 9.17) is 51.8 Å². The zero-order chi connectivity index (χ0) is 32.4. The van der Waals surface area contributed by atoms with E-state index in [9.17, 15) is 0 Å². The number of rotatable bonds is 15. The van der Waals surface area contributed by atoms with E-state index < -0.39 is 26.2 Å². The summed E-state index contributed by atoms with van der Waals surface area (Å²) >= 11 is 0. The Bertz CT molecular complexity index is 878. The lowest BCUT2D eigenvalue weighted by molar-refractivity contribution is -0.249. The molecule has 9 atom stereocenters. The molecule has 4 unspecified atom stereocenters. The van der Waals surface area contributed by atoms with Crippen LogP contribution in [0.1, 0.15) is 88.5 Å². The molecule has 0 aliphatic carbocycles. The third kappa shape index (κ3) is 8.07. The molecule has 0 aromatic rings. The summed E-state index contributed by atoms with van der Waals surface area (Å²) in [5, 5.41) is 0. The number of hydrogen-bond donors (Lipinski definition) is 0. The molecule has 12 heteroatoms. The van der Waals surface area contributed by atoms with Crippen molar-refractivity contribution in [1.29, 1.82) is 0 Å². The lowest BCUT2D eigenvalue weighted by Gasteiger charge is -2.46. The van der Waals surface area contributed by atoms with Crippen LogP contribution in [0.25, 0.3) is 0 Å². The third-order valence-electron chi connectivity index (χ3n) is 9.60. The molecule has 0 saturated carbocycles. The summed E-state index contributed by atoms with van der Waals surface area (Å²) < 4.78 is 68.3. The van der Waals surface area contributed by atoms with E-state index in [0.29, 0.717) is 36.1 Å². The highest BCUT2D eigenvalue weighted by atomic mass is 28.4. The Kier molecular flexibility index (Phi) is 12.4. The number of fused-ring (bicyclic) bond motifs is 3. The monoisotopic (exact) mass is 648 g/mol. The Morgan fingerprint density at radius 2 is 1.25 bits per heavy atom. The van der Waals surface area contributed by atoms with Gasteiger partial charge in [0.2, 0.25) is 0 Å². The van der Waals surface area contributed by atoms with Gasteiger partial charge in [-0.15, -0.1) is 0 Å². The Morgan fingerprint density at radius 1 is 0.682 bits per heavy atom. The maximum atomic E-state index is 7.02. The average Bonchev–Trinajstić information content (AvgIpc) is 3.43. The van der Waals surface area contributed by atoms with Crippen molar-refractivity contribution in [2.45, 2.75) is 172 Å². The third-order valence-corrected chi connectivity index (χ3v) is 15.7. The molecular formula is C32H60O11Si. The first-order valence-electron chi connectivity index (χ1n) is 16.5. The van der Waals surface area contributed by atoms with Crippen LogP contribution in [0.15, 0.2) is 0 Å². The van der Waals surface area contributed by atoms with E-state index in [1.54, 1.807) is 14.2 Å². The zero-order valence-corrected chi connectivity index (χ0v) is 30.2. The molecule has 4 heterocycles. The quantitative estimate of drug-likeness (QED) is 0.166. The van der Waals surface area contributed by atoms with Crippen molar-refractivity contribution in [2.24, 2.45) is 0 Å². The Morgan fingerprint density at radius 3 is 1.86 bits per heavy atom. The van der Waals surface area contributed by atoms with Gasteiger partial charge >= 0.3 is 0 Å². The maximum Gasteiger partial charge on any atom is 0.200 e. The molecule has 44 heavy (non-hydrogen) atoms. The summed E-state index contributed by atoms with van der Waals surface area (Å²) in [4.78, 5) is 0. The lowest BCUT2D eigenvalue weighted by atomic mass is 9.91. The van der Waals surface area contributed by atoms with Gasteiger partial charge in [0.25, 0.3) is 0 Å². The first-order valence-corrected chi connectivity index (χ1v) is 18.6. The van der Waals surface area contributed by atoms with Gasteiger partial charge in [0.15, 0.2) is 26.2 Å². The van der Waals surface area contributed by atoms with E-state index in [-0.39, 0.29) is 62.4 Å². The minimum absolute atomic E-state index is 0.117. The molecule has 4 saturated heterocycles. The van der Waals surface area contributed by atoms with Crippen LogP contribution in [0.2, 0.25) is 16.6 Å². The van der Waals surface area contributed by atoms with Crippen LogP contribution >= 0.6 is 0 Å². The molecule has 0 aromatic heterocycles. The molecule has 4 aliphatic heterocycles. The predicted octanol–water partition coefficient (Wildman–Crippen LogP) is 5.49. The fraction of sp³-hybridized carbons (Fsp3) is 1.00. The van der Waals surface area contributed by atoms with Gasteiger partial charge in [-0.3, -0.25) is 0 Å². The van der Waals surface area contributed by atoms with Gasteiger partial charge in [-0.05, 0) is 57.2 Å². The van der Waals surface area contributed by atoms with Gasteiger partial charge in [-0.25, -0.2) is 0 Å². The summed E-state index contributed by atoms with van der Waals surface area (Å²) in [6.07, 6.45) is -0.707. The molecule has 4 aliphatic rings. The van der Waals surface area contributed by atoms with Gasteiger partial charge < -0.3 is 51.8 Å². The number of ether oxygens (including phenoxy) is 10. The molecule has 0 spiro atoms. The van der Waals surface area contributed by atoms with Crippen molar-refractivity contribution in [3.05, 3.63) is 0 Å². The largest absolute Gasteiger partial charge is 0.413 e. The fourth-order valence-corrected chi connectivity index (χ4v) is 13.5. The van der Waals surface area contributed by atoms with Gasteiger partial charge in [0, 0.05) is 20.6 Å². The van der Waals surface area contributed by atoms with Crippen LogP contribution in [0.3, 0.4) is 0 Å². The summed E-state index contributed by atoms with van der Waals surface area (Å²) in [7, 11) is 1.10. The van der Waals surface area contributed by atoms with Crippen molar-refractivity contribution < 1.29 is 51.8 Å². The summed E-state index contributed by atoms with van der Waals surface area (Å²) in [5.41, 5.74) is 1.35. The predicted molar refractivity (Wildman–Crippen MR) is 166 cm³/mol. The minimum Gasteiger partial charge on any atom is -0.413 e. The Labute approximate surface area is 266 Å². The zero-order valence-electron chi connectivity index (χ0n) is 29.2. The lowest BCUT2D eigenvalue weighted by Crippen LogP contribution is -2.57. The van der Waals surface area contributed by atoms with Crippen LogP contribution < -0.4 is 0 Å². The first-order chi connectivity index (χ1) is 20.6. The summed E-state index contributed by atoms with van der Waals surface area (Å²) in [6.45, 7) is 22.1. The molecule has 0 radical (unpaired) electrons. The highest BCUT2D eigenvalue weighted by Gasteiger charge is 2.60. The van der Waals surface area contributed by atoms with Crippen molar-refractivity contribution in [3.63, 3.8) is 0 Å². The average molecular weight is 649 g/mol. The molecule has 4 rings (SSSR count). The normalized spacial score (nSPS) is 36.8. The Hall–Kier alpha value is -0.223. The van der Waals surface area contributed by atoms with Crippen molar-refractivity contribution in [1.82, 2.24) is 0 Å². The summed E-state index contributed by atoms with van der Waals surface area (Å²) in [6, 6.07) is 0. The highest BCUT2D eigenvalue weighted by molar-refractivity contribution is 6.77. The fourth-order valence-electron chi connectivity index (χ4n) is 8.01. The minimum atomic E-state index is -2.15. The van der Waals surface area contributed by atoms with Crippen LogP contribution in [0.5, 0.6) is 0 Å². The van der Waals surface area contributed by atoms with E-state index >= 15 is 0 Å². The van der Waals surface area contributed by atoms with Crippen LogP contribution in [-0.4, -0.2) is 109 Å². The van der Waals surface area contributed by atoms with E-state index in [0.717, 1.165) is 6.42 Å². The SMILES string of the molecule is COCO[C@@H]1C(CO[Si](C(C)C)(C(C)C)C(C)C)OC(CCC2OC3OC(C)(C)O[C@H]3[C@H]3OC(C)(C)O[C@@H]23)C[C@H]1OCOC. The molecule has 0 amide bonds. The van der Waals surface area contributed by atoms with Gasteiger partial charge in [0.1, 0.15) is 44.1 Å². The second kappa shape index (κ2) is 14.9.